The highest BCUT2D eigenvalue weighted by atomic mass is 19.1. The van der Waals surface area contributed by atoms with Gasteiger partial charge in [0.05, 0.1) is 12.7 Å². The van der Waals surface area contributed by atoms with Gasteiger partial charge in [0, 0.05) is 0 Å². The molecule has 0 atom stereocenters. The third kappa shape index (κ3) is 2.29. The molecule has 0 aliphatic carbocycles. The van der Waals surface area contributed by atoms with Gasteiger partial charge in [-0.15, -0.1) is 0 Å². The Morgan fingerprint density at radius 2 is 2.29 bits per heavy atom. The van der Waals surface area contributed by atoms with E-state index in [0.717, 1.165) is 6.07 Å². The molecule has 0 heterocycles. The first kappa shape index (κ1) is 10.7. The van der Waals surface area contributed by atoms with Crippen LogP contribution in [0.2, 0.25) is 0 Å². The molecule has 3 nitrogen and oxygen atoms in total. The Hall–Kier alpha value is -1.42. The molecule has 0 saturated heterocycles. The standard InChI is InChI=1S/C10H12FNO2/c1-14-10(13)8-3-2-7(4-5-12)9(11)6-8/h2-3,6H,4-5,12H2,1H3. The van der Waals surface area contributed by atoms with Crippen LogP contribution in [0, 0.1) is 5.82 Å². The number of benzene rings is 1. The van der Waals surface area contributed by atoms with Crippen LogP contribution in [0.1, 0.15) is 15.9 Å². The molecule has 0 amide bonds. The zero-order valence-corrected chi connectivity index (χ0v) is 7.92. The van der Waals surface area contributed by atoms with Crippen molar-refractivity contribution in [3.8, 4) is 0 Å². The van der Waals surface area contributed by atoms with Crippen molar-refractivity contribution in [2.24, 2.45) is 5.73 Å². The molecule has 0 spiro atoms. The van der Waals surface area contributed by atoms with Crippen LogP contribution in [-0.2, 0) is 11.2 Å². The number of carbonyl (C=O) groups is 1. The largest absolute Gasteiger partial charge is 0.465 e. The van der Waals surface area contributed by atoms with Crippen LogP contribution in [0.5, 0.6) is 0 Å². The van der Waals surface area contributed by atoms with E-state index in [9.17, 15) is 9.18 Å². The van der Waals surface area contributed by atoms with Gasteiger partial charge in [0.25, 0.3) is 0 Å². The summed E-state index contributed by atoms with van der Waals surface area (Å²) in [6, 6.07) is 4.24. The number of hydrogen-bond donors (Lipinski definition) is 1. The van der Waals surface area contributed by atoms with Crippen molar-refractivity contribution in [3.63, 3.8) is 0 Å². The van der Waals surface area contributed by atoms with Gasteiger partial charge in [0.2, 0.25) is 0 Å². The maximum Gasteiger partial charge on any atom is 0.337 e. The molecule has 0 saturated carbocycles. The molecule has 1 rings (SSSR count). The molecule has 0 bridgehead atoms. The highest BCUT2D eigenvalue weighted by Gasteiger charge is 2.08. The second-order valence-corrected chi connectivity index (χ2v) is 2.84. The Balaban J connectivity index is 2.94. The monoisotopic (exact) mass is 197 g/mol. The average molecular weight is 197 g/mol. The first-order valence-electron chi connectivity index (χ1n) is 4.26. The number of esters is 1. The molecule has 0 fully saturated rings. The lowest BCUT2D eigenvalue weighted by atomic mass is 10.1. The smallest absolute Gasteiger partial charge is 0.337 e. The van der Waals surface area contributed by atoms with Crippen LogP contribution in [0.15, 0.2) is 18.2 Å². The van der Waals surface area contributed by atoms with E-state index in [1.807, 2.05) is 0 Å². The van der Waals surface area contributed by atoms with Gasteiger partial charge < -0.3 is 10.5 Å². The fraction of sp³-hybridized carbons (Fsp3) is 0.300. The van der Waals surface area contributed by atoms with Crippen molar-refractivity contribution in [1.29, 1.82) is 0 Å². The van der Waals surface area contributed by atoms with Crippen molar-refractivity contribution in [2.45, 2.75) is 6.42 Å². The number of halogens is 1. The summed E-state index contributed by atoms with van der Waals surface area (Å²) < 4.78 is 17.7. The Morgan fingerprint density at radius 3 is 2.79 bits per heavy atom. The normalized spacial score (nSPS) is 9.93. The molecule has 1 aromatic carbocycles. The summed E-state index contributed by atoms with van der Waals surface area (Å²) in [4.78, 5) is 11.0. The number of ether oxygens (including phenoxy) is 1. The summed E-state index contributed by atoms with van der Waals surface area (Å²) in [5.74, 6) is -0.957. The Labute approximate surface area is 81.7 Å². The van der Waals surface area contributed by atoms with Crippen LogP contribution < -0.4 is 5.73 Å². The van der Waals surface area contributed by atoms with Gasteiger partial charge in [0.1, 0.15) is 5.82 Å². The van der Waals surface area contributed by atoms with Gasteiger partial charge in [-0.25, -0.2) is 9.18 Å². The molecule has 4 heteroatoms. The van der Waals surface area contributed by atoms with Crippen molar-refractivity contribution in [3.05, 3.63) is 35.1 Å². The fourth-order valence-electron chi connectivity index (χ4n) is 1.15. The van der Waals surface area contributed by atoms with Crippen LogP contribution in [0.4, 0.5) is 4.39 Å². The molecule has 0 aliphatic heterocycles. The third-order valence-corrected chi connectivity index (χ3v) is 1.89. The van der Waals surface area contributed by atoms with Crippen molar-refractivity contribution >= 4 is 5.97 Å². The maximum atomic E-state index is 13.3. The van der Waals surface area contributed by atoms with Crippen molar-refractivity contribution in [2.75, 3.05) is 13.7 Å². The average Bonchev–Trinajstić information content (AvgIpc) is 2.20. The molecule has 0 radical (unpaired) electrons. The Morgan fingerprint density at radius 1 is 1.57 bits per heavy atom. The van der Waals surface area contributed by atoms with E-state index in [1.165, 1.54) is 13.2 Å². The lowest BCUT2D eigenvalue weighted by Gasteiger charge is -2.03. The second-order valence-electron chi connectivity index (χ2n) is 2.84. The number of nitrogens with two attached hydrogens (primary N) is 1. The Kier molecular flexibility index (Phi) is 3.59. The first-order chi connectivity index (χ1) is 6.69. The van der Waals surface area contributed by atoms with Crippen LogP contribution in [0.3, 0.4) is 0 Å². The third-order valence-electron chi connectivity index (χ3n) is 1.89. The van der Waals surface area contributed by atoms with E-state index in [-0.39, 0.29) is 5.56 Å². The highest BCUT2D eigenvalue weighted by Crippen LogP contribution is 2.11. The van der Waals surface area contributed by atoms with E-state index in [2.05, 4.69) is 4.74 Å². The van der Waals surface area contributed by atoms with Crippen LogP contribution in [-0.4, -0.2) is 19.6 Å². The van der Waals surface area contributed by atoms with Gasteiger partial charge in [-0.2, -0.15) is 0 Å². The number of methoxy groups -OCH3 is 1. The lowest BCUT2D eigenvalue weighted by molar-refractivity contribution is 0.0600. The quantitative estimate of drug-likeness (QED) is 0.738. The van der Waals surface area contributed by atoms with E-state index in [0.29, 0.717) is 18.5 Å². The summed E-state index contributed by atoms with van der Waals surface area (Å²) >= 11 is 0. The van der Waals surface area contributed by atoms with E-state index in [1.54, 1.807) is 6.07 Å². The van der Waals surface area contributed by atoms with Crippen molar-refractivity contribution < 1.29 is 13.9 Å². The summed E-state index contributed by atoms with van der Waals surface area (Å²) in [5, 5.41) is 0. The zero-order chi connectivity index (χ0) is 10.6. The minimum absolute atomic E-state index is 0.214. The van der Waals surface area contributed by atoms with Crippen LogP contribution in [0.25, 0.3) is 0 Å². The molecule has 0 aliphatic rings. The van der Waals surface area contributed by atoms with Crippen LogP contribution >= 0.6 is 0 Å². The van der Waals surface area contributed by atoms with Gasteiger partial charge in [-0.3, -0.25) is 0 Å². The fourth-order valence-corrected chi connectivity index (χ4v) is 1.15. The number of hydrogen-bond acceptors (Lipinski definition) is 3. The summed E-state index contributed by atoms with van der Waals surface area (Å²) in [6.45, 7) is 0.383. The van der Waals surface area contributed by atoms with E-state index < -0.39 is 11.8 Å². The molecular formula is C10H12FNO2. The van der Waals surface area contributed by atoms with Gasteiger partial charge in [-0.1, -0.05) is 6.07 Å². The SMILES string of the molecule is COC(=O)c1ccc(CCN)c(F)c1. The minimum atomic E-state index is -0.539. The molecule has 1 aromatic rings. The first-order valence-corrected chi connectivity index (χ1v) is 4.26. The van der Waals surface area contributed by atoms with Gasteiger partial charge >= 0.3 is 5.97 Å². The number of carbonyl (C=O) groups excluding carboxylic acids is 1. The molecule has 76 valence electrons. The lowest BCUT2D eigenvalue weighted by Crippen LogP contribution is -2.07. The molecule has 0 unspecified atom stereocenters. The summed E-state index contributed by atoms with van der Waals surface area (Å²) in [6.07, 6.45) is 0.466. The minimum Gasteiger partial charge on any atom is -0.465 e. The van der Waals surface area contributed by atoms with E-state index in [4.69, 9.17) is 5.73 Å². The zero-order valence-electron chi connectivity index (χ0n) is 7.92. The molecule has 14 heavy (non-hydrogen) atoms. The molecule has 0 aromatic heterocycles. The number of rotatable bonds is 3. The van der Waals surface area contributed by atoms with Gasteiger partial charge in [-0.05, 0) is 30.7 Å². The van der Waals surface area contributed by atoms with E-state index >= 15 is 0 Å². The second kappa shape index (κ2) is 4.72. The molecular weight excluding hydrogens is 185 g/mol. The maximum absolute atomic E-state index is 13.3. The predicted octanol–water partition coefficient (Wildman–Crippen LogP) is 1.11. The van der Waals surface area contributed by atoms with Crippen molar-refractivity contribution in [1.82, 2.24) is 0 Å². The summed E-state index contributed by atoms with van der Waals surface area (Å²) in [7, 11) is 1.26. The highest BCUT2D eigenvalue weighted by molar-refractivity contribution is 5.89. The molecule has 2 N–H and O–H groups in total. The topological polar surface area (TPSA) is 52.3 Å². The van der Waals surface area contributed by atoms with Gasteiger partial charge in [0.15, 0.2) is 0 Å². The Bertz CT molecular complexity index is 339. The predicted molar refractivity (Wildman–Crippen MR) is 50.5 cm³/mol. The summed E-state index contributed by atoms with van der Waals surface area (Å²) in [5.41, 5.74) is 6.02.